The van der Waals surface area contributed by atoms with Crippen molar-refractivity contribution in [3.05, 3.63) is 33.3 Å². The van der Waals surface area contributed by atoms with Gasteiger partial charge in [-0.25, -0.2) is 0 Å². The van der Waals surface area contributed by atoms with Crippen LogP contribution in [0.1, 0.15) is 18.5 Å². The maximum absolute atomic E-state index is 12.0. The topological polar surface area (TPSA) is 12.0 Å². The highest BCUT2D eigenvalue weighted by Gasteiger charge is 2.27. The third-order valence-corrected chi connectivity index (χ3v) is 2.86. The van der Waals surface area contributed by atoms with Crippen molar-refractivity contribution in [3.8, 4) is 0 Å². The number of hydrogen-bond donors (Lipinski definition) is 1. The normalized spacial score (nSPS) is 13.9. The number of alkyl halides is 3. The van der Waals surface area contributed by atoms with Crippen molar-refractivity contribution in [2.45, 2.75) is 19.1 Å². The van der Waals surface area contributed by atoms with E-state index in [1.54, 1.807) is 25.1 Å². The van der Waals surface area contributed by atoms with Crippen LogP contribution in [0.4, 0.5) is 13.2 Å². The molecule has 1 unspecified atom stereocenters. The number of halogens is 5. The lowest BCUT2D eigenvalue weighted by atomic mass is 10.1. The summed E-state index contributed by atoms with van der Waals surface area (Å²) in [4.78, 5) is 0. The summed E-state index contributed by atoms with van der Waals surface area (Å²) in [5.41, 5.74) is 0.647. The van der Waals surface area contributed by atoms with Gasteiger partial charge in [-0.1, -0.05) is 33.6 Å². The number of hydrogen-bond acceptors (Lipinski definition) is 1. The summed E-state index contributed by atoms with van der Waals surface area (Å²) >= 11 is 9.15. The lowest BCUT2D eigenvalue weighted by Gasteiger charge is -2.17. The lowest BCUT2D eigenvalue weighted by Crippen LogP contribution is -2.30. The van der Waals surface area contributed by atoms with Crippen LogP contribution >= 0.6 is 27.5 Å². The third kappa shape index (κ3) is 4.31. The van der Waals surface area contributed by atoms with Gasteiger partial charge in [0.05, 0.1) is 6.54 Å². The SMILES string of the molecule is CC(NCC(F)(F)F)c1ccc(Br)cc1Cl. The second kappa shape index (κ2) is 5.38. The average Bonchev–Trinajstić information content (AvgIpc) is 2.13. The van der Waals surface area contributed by atoms with Crippen molar-refractivity contribution in [1.29, 1.82) is 0 Å². The molecule has 0 aliphatic carbocycles. The predicted molar refractivity (Wildman–Crippen MR) is 61.6 cm³/mol. The zero-order valence-electron chi connectivity index (χ0n) is 8.41. The quantitative estimate of drug-likeness (QED) is 0.876. The molecule has 0 aromatic heterocycles. The Morgan fingerprint density at radius 2 is 2.06 bits per heavy atom. The molecule has 16 heavy (non-hydrogen) atoms. The van der Waals surface area contributed by atoms with E-state index in [0.29, 0.717) is 10.6 Å². The van der Waals surface area contributed by atoms with Gasteiger partial charge in [0.1, 0.15) is 0 Å². The highest BCUT2D eigenvalue weighted by Crippen LogP contribution is 2.26. The first-order valence-corrected chi connectivity index (χ1v) is 5.72. The summed E-state index contributed by atoms with van der Waals surface area (Å²) < 4.78 is 36.8. The first kappa shape index (κ1) is 13.8. The van der Waals surface area contributed by atoms with Gasteiger partial charge in [0, 0.05) is 15.5 Å². The molecule has 0 radical (unpaired) electrons. The Morgan fingerprint density at radius 1 is 1.44 bits per heavy atom. The lowest BCUT2D eigenvalue weighted by molar-refractivity contribution is -0.126. The minimum atomic E-state index is -4.21. The van der Waals surface area contributed by atoms with E-state index in [0.717, 1.165) is 4.47 Å². The van der Waals surface area contributed by atoms with Crippen molar-refractivity contribution >= 4 is 27.5 Å². The van der Waals surface area contributed by atoms with E-state index in [4.69, 9.17) is 11.6 Å². The van der Waals surface area contributed by atoms with Crippen LogP contribution in [0.5, 0.6) is 0 Å². The minimum absolute atomic E-state index is 0.441. The summed E-state index contributed by atoms with van der Waals surface area (Å²) in [5, 5.41) is 2.82. The Balaban J connectivity index is 2.70. The first-order chi connectivity index (χ1) is 7.29. The molecule has 90 valence electrons. The maximum atomic E-state index is 12.0. The van der Waals surface area contributed by atoms with E-state index < -0.39 is 18.8 Å². The summed E-state index contributed by atoms with van der Waals surface area (Å²) in [7, 11) is 0. The van der Waals surface area contributed by atoms with Gasteiger partial charge in [0.25, 0.3) is 0 Å². The Morgan fingerprint density at radius 3 is 2.56 bits per heavy atom. The zero-order valence-corrected chi connectivity index (χ0v) is 10.7. The monoisotopic (exact) mass is 315 g/mol. The summed E-state index contributed by atoms with van der Waals surface area (Å²) in [6.45, 7) is 0.613. The van der Waals surface area contributed by atoms with E-state index >= 15 is 0 Å². The minimum Gasteiger partial charge on any atom is -0.302 e. The van der Waals surface area contributed by atoms with Gasteiger partial charge in [0.15, 0.2) is 0 Å². The van der Waals surface area contributed by atoms with Gasteiger partial charge in [-0.2, -0.15) is 13.2 Å². The fourth-order valence-electron chi connectivity index (χ4n) is 1.23. The van der Waals surface area contributed by atoms with Crippen molar-refractivity contribution < 1.29 is 13.2 Å². The van der Waals surface area contributed by atoms with Crippen molar-refractivity contribution in [2.24, 2.45) is 0 Å². The molecule has 0 saturated carbocycles. The summed E-state index contributed by atoms with van der Waals surface area (Å²) in [6.07, 6.45) is -4.21. The Labute approximate surface area is 105 Å². The van der Waals surface area contributed by atoms with Crippen molar-refractivity contribution in [2.75, 3.05) is 6.54 Å². The summed E-state index contributed by atoms with van der Waals surface area (Å²) in [6, 6.07) is 4.65. The molecule has 1 atom stereocenters. The molecular formula is C10H10BrClF3N. The van der Waals surface area contributed by atoms with Crippen LogP contribution in [0.25, 0.3) is 0 Å². The highest BCUT2D eigenvalue weighted by molar-refractivity contribution is 9.10. The third-order valence-electron chi connectivity index (χ3n) is 2.04. The predicted octanol–water partition coefficient (Wildman–Crippen LogP) is 4.32. The van der Waals surface area contributed by atoms with Crippen LogP contribution in [0.3, 0.4) is 0 Å². The average molecular weight is 317 g/mol. The Kier molecular flexibility index (Phi) is 4.64. The smallest absolute Gasteiger partial charge is 0.302 e. The molecule has 1 rings (SSSR count). The van der Waals surface area contributed by atoms with Gasteiger partial charge < -0.3 is 5.32 Å². The molecule has 0 aliphatic heterocycles. The second-order valence-corrected chi connectivity index (χ2v) is 4.71. The molecule has 0 heterocycles. The molecule has 0 saturated heterocycles. The molecule has 0 aliphatic rings. The Bertz CT molecular complexity index is 368. The summed E-state index contributed by atoms with van der Waals surface area (Å²) in [5.74, 6) is 0. The molecular weight excluding hydrogens is 306 g/mol. The molecule has 1 aromatic rings. The molecule has 0 amide bonds. The van der Waals surface area contributed by atoms with Gasteiger partial charge in [0.2, 0.25) is 0 Å². The van der Waals surface area contributed by atoms with E-state index in [-0.39, 0.29) is 0 Å². The fraction of sp³-hybridized carbons (Fsp3) is 0.400. The van der Waals surface area contributed by atoms with Crippen LogP contribution in [0, 0.1) is 0 Å². The van der Waals surface area contributed by atoms with E-state index in [9.17, 15) is 13.2 Å². The van der Waals surface area contributed by atoms with Crippen LogP contribution in [0.2, 0.25) is 5.02 Å². The fourth-order valence-corrected chi connectivity index (χ4v) is 2.07. The standard InChI is InChI=1S/C10H10BrClF3N/c1-6(16-5-10(13,14)15)8-3-2-7(11)4-9(8)12/h2-4,6,16H,5H2,1H3. The molecule has 0 spiro atoms. The van der Waals surface area contributed by atoms with Crippen LogP contribution in [0.15, 0.2) is 22.7 Å². The largest absolute Gasteiger partial charge is 0.401 e. The zero-order chi connectivity index (χ0) is 12.3. The maximum Gasteiger partial charge on any atom is 0.401 e. The molecule has 0 fully saturated rings. The molecule has 1 N–H and O–H groups in total. The van der Waals surface area contributed by atoms with Crippen molar-refractivity contribution in [3.63, 3.8) is 0 Å². The number of rotatable bonds is 3. The molecule has 0 bridgehead atoms. The Hall–Kier alpha value is -0.260. The van der Waals surface area contributed by atoms with Gasteiger partial charge in [-0.05, 0) is 24.6 Å². The van der Waals surface area contributed by atoms with E-state index in [1.807, 2.05) is 0 Å². The number of nitrogens with one attached hydrogen (secondary N) is 1. The second-order valence-electron chi connectivity index (χ2n) is 3.38. The molecule has 6 heteroatoms. The van der Waals surface area contributed by atoms with E-state index in [1.165, 1.54) is 0 Å². The van der Waals surface area contributed by atoms with Crippen LogP contribution in [-0.4, -0.2) is 12.7 Å². The van der Waals surface area contributed by atoms with Gasteiger partial charge in [-0.15, -0.1) is 0 Å². The molecule has 1 nitrogen and oxygen atoms in total. The van der Waals surface area contributed by atoms with Crippen molar-refractivity contribution in [1.82, 2.24) is 5.32 Å². The van der Waals surface area contributed by atoms with Crippen LogP contribution < -0.4 is 5.32 Å². The first-order valence-electron chi connectivity index (χ1n) is 4.54. The molecule has 1 aromatic carbocycles. The van der Waals surface area contributed by atoms with Gasteiger partial charge in [-0.3, -0.25) is 0 Å². The van der Waals surface area contributed by atoms with E-state index in [2.05, 4.69) is 21.2 Å². The number of benzene rings is 1. The van der Waals surface area contributed by atoms with Gasteiger partial charge >= 0.3 is 6.18 Å². The highest BCUT2D eigenvalue weighted by atomic mass is 79.9. The van der Waals surface area contributed by atoms with Crippen LogP contribution in [-0.2, 0) is 0 Å².